The highest BCUT2D eigenvalue weighted by atomic mass is 16.5. The number of hydrogen-bond acceptors (Lipinski definition) is 3. The van der Waals surface area contributed by atoms with Crippen molar-refractivity contribution in [3.05, 3.63) is 35.4 Å². The fourth-order valence-corrected chi connectivity index (χ4v) is 4.48. The van der Waals surface area contributed by atoms with Crippen molar-refractivity contribution < 1.29 is 9.53 Å². The molecule has 2 fully saturated rings. The topological polar surface area (TPSA) is 29.5 Å². The van der Waals surface area contributed by atoms with Gasteiger partial charge in [0.25, 0.3) is 0 Å². The van der Waals surface area contributed by atoms with E-state index in [9.17, 15) is 4.79 Å². The molecule has 0 unspecified atom stereocenters. The monoisotopic (exact) mass is 329 g/mol. The maximum Gasteiger partial charge on any atom is 0.309 e. The first-order chi connectivity index (χ1) is 11.7. The molecule has 1 saturated carbocycles. The molecule has 2 atom stereocenters. The minimum absolute atomic E-state index is 0.0101. The number of piperidine rings is 1. The molecule has 0 spiro atoms. The van der Waals surface area contributed by atoms with Gasteiger partial charge in [0, 0.05) is 6.04 Å². The summed E-state index contributed by atoms with van der Waals surface area (Å²) in [5.74, 6) is 0.775. The van der Waals surface area contributed by atoms with Crippen LogP contribution in [0.25, 0.3) is 0 Å². The smallest absolute Gasteiger partial charge is 0.309 e. The zero-order valence-corrected chi connectivity index (χ0v) is 15.2. The predicted molar refractivity (Wildman–Crippen MR) is 97.1 cm³/mol. The Bertz CT molecular complexity index is 531. The van der Waals surface area contributed by atoms with Gasteiger partial charge < -0.3 is 4.74 Å². The standard InChI is InChI=1S/C21H31NO2/c1-3-24-21(23)18-12-14-22(15-13-18)20-7-5-4-6-19(20)17-10-8-16(2)9-11-17/h8-11,18-20H,3-7,12-15H2,1-2H3/t19-,20-/m1/s1. The molecule has 3 rings (SSSR count). The third-order valence-corrected chi connectivity index (χ3v) is 5.85. The lowest BCUT2D eigenvalue weighted by Crippen LogP contribution is -2.46. The molecule has 1 saturated heterocycles. The fourth-order valence-electron chi connectivity index (χ4n) is 4.48. The summed E-state index contributed by atoms with van der Waals surface area (Å²) in [7, 11) is 0. The van der Waals surface area contributed by atoms with Crippen LogP contribution >= 0.6 is 0 Å². The van der Waals surface area contributed by atoms with Crippen LogP contribution in [-0.2, 0) is 9.53 Å². The van der Waals surface area contributed by atoms with E-state index in [0.717, 1.165) is 25.9 Å². The van der Waals surface area contributed by atoms with Crippen LogP contribution in [0.3, 0.4) is 0 Å². The first-order valence-electron chi connectivity index (χ1n) is 9.66. The zero-order valence-electron chi connectivity index (χ0n) is 15.2. The van der Waals surface area contributed by atoms with Crippen LogP contribution in [0.15, 0.2) is 24.3 Å². The van der Waals surface area contributed by atoms with Crippen molar-refractivity contribution in [3.63, 3.8) is 0 Å². The molecule has 3 nitrogen and oxygen atoms in total. The molecule has 0 aromatic heterocycles. The molecule has 0 N–H and O–H groups in total. The van der Waals surface area contributed by atoms with Crippen LogP contribution in [-0.4, -0.2) is 36.6 Å². The molecule has 132 valence electrons. The third kappa shape index (κ3) is 4.00. The van der Waals surface area contributed by atoms with Crippen molar-refractivity contribution in [1.82, 2.24) is 4.90 Å². The quantitative estimate of drug-likeness (QED) is 0.772. The number of hydrogen-bond donors (Lipinski definition) is 0. The number of nitrogens with zero attached hydrogens (tertiary/aromatic N) is 1. The lowest BCUT2D eigenvalue weighted by molar-refractivity contribution is -0.149. The van der Waals surface area contributed by atoms with Crippen LogP contribution in [0.5, 0.6) is 0 Å². The molecule has 0 bridgehead atoms. The summed E-state index contributed by atoms with van der Waals surface area (Å²) in [5.41, 5.74) is 2.83. The Kier molecular flexibility index (Phi) is 5.94. The number of likely N-dealkylation sites (tertiary alicyclic amines) is 1. The fraction of sp³-hybridized carbons (Fsp3) is 0.667. The summed E-state index contributed by atoms with van der Waals surface area (Å²) < 4.78 is 5.21. The van der Waals surface area contributed by atoms with Gasteiger partial charge in [0.2, 0.25) is 0 Å². The second-order valence-corrected chi connectivity index (χ2v) is 7.43. The molecule has 1 heterocycles. The highest BCUT2D eigenvalue weighted by Crippen LogP contribution is 2.37. The Morgan fingerprint density at radius 2 is 1.75 bits per heavy atom. The summed E-state index contributed by atoms with van der Waals surface area (Å²) in [6.07, 6.45) is 7.18. The van der Waals surface area contributed by atoms with E-state index in [4.69, 9.17) is 4.74 Å². The van der Waals surface area contributed by atoms with Gasteiger partial charge in [0.05, 0.1) is 12.5 Å². The number of carbonyl (C=O) groups is 1. The van der Waals surface area contributed by atoms with Crippen molar-refractivity contribution >= 4 is 5.97 Å². The second-order valence-electron chi connectivity index (χ2n) is 7.43. The molecule has 3 heteroatoms. The van der Waals surface area contributed by atoms with Gasteiger partial charge in [-0.2, -0.15) is 0 Å². The highest BCUT2D eigenvalue weighted by Gasteiger charge is 2.35. The Morgan fingerprint density at radius 3 is 2.42 bits per heavy atom. The molecule has 1 aromatic carbocycles. The largest absolute Gasteiger partial charge is 0.466 e. The summed E-state index contributed by atoms with van der Waals surface area (Å²) in [6.45, 7) is 6.62. The van der Waals surface area contributed by atoms with E-state index in [2.05, 4.69) is 36.1 Å². The number of esters is 1. The van der Waals surface area contributed by atoms with Gasteiger partial charge in [0.1, 0.15) is 0 Å². The van der Waals surface area contributed by atoms with Crippen LogP contribution in [0.4, 0.5) is 0 Å². The van der Waals surface area contributed by atoms with Crippen molar-refractivity contribution in [2.45, 2.75) is 64.3 Å². The normalized spacial score (nSPS) is 26.2. The molecule has 2 aliphatic rings. The number of aryl methyl sites for hydroxylation is 1. The molecular weight excluding hydrogens is 298 g/mol. The van der Waals surface area contributed by atoms with Crippen molar-refractivity contribution in [2.75, 3.05) is 19.7 Å². The number of rotatable bonds is 4. The van der Waals surface area contributed by atoms with Gasteiger partial charge in [-0.25, -0.2) is 0 Å². The van der Waals surface area contributed by atoms with Gasteiger partial charge >= 0.3 is 5.97 Å². The number of ether oxygens (including phenoxy) is 1. The number of benzene rings is 1. The van der Waals surface area contributed by atoms with E-state index in [-0.39, 0.29) is 11.9 Å². The summed E-state index contributed by atoms with van der Waals surface area (Å²) >= 11 is 0. The van der Waals surface area contributed by atoms with E-state index >= 15 is 0 Å². The van der Waals surface area contributed by atoms with Crippen molar-refractivity contribution in [2.24, 2.45) is 5.92 Å². The first-order valence-corrected chi connectivity index (χ1v) is 9.66. The summed E-state index contributed by atoms with van der Waals surface area (Å²) in [4.78, 5) is 14.6. The van der Waals surface area contributed by atoms with Gasteiger partial charge in [-0.05, 0) is 64.1 Å². The van der Waals surface area contributed by atoms with Crippen molar-refractivity contribution in [1.29, 1.82) is 0 Å². The van der Waals surface area contributed by atoms with Crippen LogP contribution < -0.4 is 0 Å². The van der Waals surface area contributed by atoms with Crippen molar-refractivity contribution in [3.8, 4) is 0 Å². The van der Waals surface area contributed by atoms with E-state index in [1.807, 2.05) is 6.92 Å². The van der Waals surface area contributed by atoms with Crippen LogP contribution in [0.2, 0.25) is 0 Å². The Labute approximate surface area is 146 Å². The average Bonchev–Trinajstić information content (AvgIpc) is 2.63. The molecule has 1 aromatic rings. The molecule has 24 heavy (non-hydrogen) atoms. The van der Waals surface area contributed by atoms with E-state index in [1.54, 1.807) is 0 Å². The van der Waals surface area contributed by atoms with Gasteiger partial charge in [0.15, 0.2) is 0 Å². The molecule has 0 amide bonds. The molecule has 0 radical (unpaired) electrons. The minimum Gasteiger partial charge on any atom is -0.466 e. The SMILES string of the molecule is CCOC(=O)C1CCN([C@@H]2CCCC[C@@H]2c2ccc(C)cc2)CC1. The van der Waals surface area contributed by atoms with Gasteiger partial charge in [-0.3, -0.25) is 9.69 Å². The third-order valence-electron chi connectivity index (χ3n) is 5.85. The summed E-state index contributed by atoms with van der Waals surface area (Å²) in [5, 5.41) is 0. The maximum absolute atomic E-state index is 12.0. The van der Waals surface area contributed by atoms with E-state index in [0.29, 0.717) is 18.6 Å². The highest BCUT2D eigenvalue weighted by molar-refractivity contribution is 5.72. The first kappa shape index (κ1) is 17.5. The molecule has 1 aliphatic heterocycles. The molecular formula is C21H31NO2. The van der Waals surface area contributed by atoms with Gasteiger partial charge in [-0.1, -0.05) is 42.7 Å². The Balaban J connectivity index is 1.64. The summed E-state index contributed by atoms with van der Waals surface area (Å²) in [6, 6.07) is 9.78. The van der Waals surface area contributed by atoms with Gasteiger partial charge in [-0.15, -0.1) is 0 Å². The predicted octanol–water partition coefficient (Wildman–Crippen LogP) is 4.30. The Morgan fingerprint density at radius 1 is 1.08 bits per heavy atom. The lowest BCUT2D eigenvalue weighted by atomic mass is 9.78. The lowest BCUT2D eigenvalue weighted by Gasteiger charge is -2.43. The molecule has 1 aliphatic carbocycles. The average molecular weight is 329 g/mol. The maximum atomic E-state index is 12.0. The van der Waals surface area contributed by atoms with Crippen LogP contribution in [0, 0.1) is 12.8 Å². The van der Waals surface area contributed by atoms with Crippen LogP contribution in [0.1, 0.15) is 62.5 Å². The van der Waals surface area contributed by atoms with E-state index < -0.39 is 0 Å². The second kappa shape index (κ2) is 8.15. The zero-order chi connectivity index (χ0) is 16.9. The van der Waals surface area contributed by atoms with E-state index in [1.165, 1.54) is 36.8 Å². The minimum atomic E-state index is 0.0101. The Hall–Kier alpha value is -1.35. The number of carbonyl (C=O) groups excluding carboxylic acids is 1.